The SMILES string of the molecule is OC(CNCCC1CCCCC1)C1CC1. The van der Waals surface area contributed by atoms with Crippen molar-refractivity contribution in [2.75, 3.05) is 13.1 Å². The van der Waals surface area contributed by atoms with E-state index < -0.39 is 0 Å². The zero-order chi connectivity index (χ0) is 10.5. The summed E-state index contributed by atoms with van der Waals surface area (Å²) < 4.78 is 0. The molecule has 1 atom stereocenters. The molecule has 2 heteroatoms. The fourth-order valence-electron chi connectivity index (χ4n) is 2.68. The van der Waals surface area contributed by atoms with Crippen LogP contribution in [0.1, 0.15) is 51.4 Å². The van der Waals surface area contributed by atoms with Crippen LogP contribution in [-0.4, -0.2) is 24.3 Å². The lowest BCUT2D eigenvalue weighted by Gasteiger charge is -2.21. The van der Waals surface area contributed by atoms with Crippen LogP contribution in [0.5, 0.6) is 0 Å². The van der Waals surface area contributed by atoms with Gasteiger partial charge in [0.05, 0.1) is 6.10 Å². The highest BCUT2D eigenvalue weighted by Crippen LogP contribution is 2.32. The second-order valence-corrected chi connectivity index (χ2v) is 5.40. The summed E-state index contributed by atoms with van der Waals surface area (Å²) in [6.07, 6.45) is 10.9. The van der Waals surface area contributed by atoms with Crippen LogP contribution in [-0.2, 0) is 0 Å². The van der Waals surface area contributed by atoms with Gasteiger partial charge in [-0.05, 0) is 37.6 Å². The molecule has 2 aliphatic carbocycles. The van der Waals surface area contributed by atoms with E-state index in [4.69, 9.17) is 0 Å². The van der Waals surface area contributed by atoms with E-state index in [2.05, 4.69) is 5.32 Å². The van der Waals surface area contributed by atoms with E-state index in [-0.39, 0.29) is 6.10 Å². The van der Waals surface area contributed by atoms with Crippen molar-refractivity contribution in [1.29, 1.82) is 0 Å². The Labute approximate surface area is 93.5 Å². The van der Waals surface area contributed by atoms with Crippen LogP contribution in [0.3, 0.4) is 0 Å². The number of hydrogen-bond donors (Lipinski definition) is 2. The molecule has 0 saturated heterocycles. The molecule has 2 rings (SSSR count). The minimum Gasteiger partial charge on any atom is -0.392 e. The van der Waals surface area contributed by atoms with Crippen LogP contribution in [0.4, 0.5) is 0 Å². The largest absolute Gasteiger partial charge is 0.392 e. The van der Waals surface area contributed by atoms with Crippen LogP contribution < -0.4 is 5.32 Å². The van der Waals surface area contributed by atoms with Gasteiger partial charge < -0.3 is 10.4 Å². The van der Waals surface area contributed by atoms with Gasteiger partial charge in [0, 0.05) is 6.54 Å². The van der Waals surface area contributed by atoms with Crippen LogP contribution in [0.25, 0.3) is 0 Å². The molecule has 2 saturated carbocycles. The number of rotatable bonds is 6. The zero-order valence-electron chi connectivity index (χ0n) is 9.75. The smallest absolute Gasteiger partial charge is 0.0692 e. The van der Waals surface area contributed by atoms with Gasteiger partial charge in [0.1, 0.15) is 0 Å². The summed E-state index contributed by atoms with van der Waals surface area (Å²) in [7, 11) is 0. The van der Waals surface area contributed by atoms with Crippen molar-refractivity contribution in [2.45, 2.75) is 57.5 Å². The van der Waals surface area contributed by atoms with Gasteiger partial charge in [-0.3, -0.25) is 0 Å². The number of aliphatic hydroxyl groups is 1. The predicted molar refractivity (Wildman–Crippen MR) is 62.8 cm³/mol. The van der Waals surface area contributed by atoms with Crippen LogP contribution in [0.15, 0.2) is 0 Å². The Morgan fingerprint density at radius 3 is 2.47 bits per heavy atom. The average Bonchev–Trinajstić information content (AvgIpc) is 3.09. The summed E-state index contributed by atoms with van der Waals surface area (Å²) in [4.78, 5) is 0. The van der Waals surface area contributed by atoms with Gasteiger partial charge in [-0.15, -0.1) is 0 Å². The summed E-state index contributed by atoms with van der Waals surface area (Å²) in [6.45, 7) is 1.92. The standard InChI is InChI=1S/C13H25NO/c15-13(12-6-7-12)10-14-9-8-11-4-2-1-3-5-11/h11-15H,1-10H2. The molecule has 0 amide bonds. The maximum absolute atomic E-state index is 9.66. The first-order chi connectivity index (χ1) is 7.36. The molecule has 0 aromatic rings. The molecule has 2 aliphatic rings. The molecule has 15 heavy (non-hydrogen) atoms. The number of aliphatic hydroxyl groups excluding tert-OH is 1. The van der Waals surface area contributed by atoms with Crippen molar-refractivity contribution in [2.24, 2.45) is 11.8 Å². The topological polar surface area (TPSA) is 32.3 Å². The monoisotopic (exact) mass is 211 g/mol. The quantitative estimate of drug-likeness (QED) is 0.661. The minimum atomic E-state index is -0.0728. The lowest BCUT2D eigenvalue weighted by molar-refractivity contribution is 0.148. The first-order valence-electron chi connectivity index (χ1n) is 6.75. The third-order valence-electron chi connectivity index (χ3n) is 3.97. The highest BCUT2D eigenvalue weighted by molar-refractivity contribution is 4.82. The van der Waals surface area contributed by atoms with E-state index in [9.17, 15) is 5.11 Å². The maximum atomic E-state index is 9.66. The summed E-state index contributed by atoms with van der Waals surface area (Å²) in [5.41, 5.74) is 0. The van der Waals surface area contributed by atoms with Crippen molar-refractivity contribution in [3.8, 4) is 0 Å². The molecular weight excluding hydrogens is 186 g/mol. The predicted octanol–water partition coefficient (Wildman–Crippen LogP) is 2.32. The first-order valence-corrected chi connectivity index (χ1v) is 6.75. The van der Waals surface area contributed by atoms with Gasteiger partial charge in [0.15, 0.2) is 0 Å². The Hall–Kier alpha value is -0.0800. The molecule has 0 heterocycles. The van der Waals surface area contributed by atoms with Gasteiger partial charge in [-0.2, -0.15) is 0 Å². The second kappa shape index (κ2) is 5.86. The van der Waals surface area contributed by atoms with Gasteiger partial charge in [-0.1, -0.05) is 32.1 Å². The third kappa shape index (κ3) is 4.12. The minimum absolute atomic E-state index is 0.0728. The van der Waals surface area contributed by atoms with E-state index >= 15 is 0 Å². The Morgan fingerprint density at radius 2 is 1.80 bits per heavy atom. The highest BCUT2D eigenvalue weighted by Gasteiger charge is 2.29. The molecule has 0 aliphatic heterocycles. The van der Waals surface area contributed by atoms with Gasteiger partial charge in [0.25, 0.3) is 0 Å². The Bertz CT molecular complexity index is 173. The fourth-order valence-corrected chi connectivity index (χ4v) is 2.68. The van der Waals surface area contributed by atoms with Gasteiger partial charge in [0.2, 0.25) is 0 Å². The molecule has 0 aromatic carbocycles. The van der Waals surface area contributed by atoms with E-state index in [0.29, 0.717) is 5.92 Å². The average molecular weight is 211 g/mol. The fraction of sp³-hybridized carbons (Fsp3) is 1.00. The van der Waals surface area contributed by atoms with E-state index in [0.717, 1.165) is 19.0 Å². The molecule has 0 aromatic heterocycles. The summed E-state index contributed by atoms with van der Waals surface area (Å²) in [5, 5.41) is 13.1. The summed E-state index contributed by atoms with van der Waals surface area (Å²) in [6, 6.07) is 0. The van der Waals surface area contributed by atoms with Crippen LogP contribution in [0, 0.1) is 11.8 Å². The zero-order valence-corrected chi connectivity index (χ0v) is 9.75. The van der Waals surface area contributed by atoms with E-state index in [1.807, 2.05) is 0 Å². The van der Waals surface area contributed by atoms with Crippen molar-refractivity contribution in [3.05, 3.63) is 0 Å². The van der Waals surface area contributed by atoms with Crippen molar-refractivity contribution in [3.63, 3.8) is 0 Å². The lowest BCUT2D eigenvalue weighted by Crippen LogP contribution is -2.30. The first kappa shape index (κ1) is 11.4. The molecule has 2 fully saturated rings. The molecule has 1 unspecified atom stereocenters. The molecule has 0 spiro atoms. The number of nitrogens with one attached hydrogen (secondary N) is 1. The summed E-state index contributed by atoms with van der Waals surface area (Å²) >= 11 is 0. The summed E-state index contributed by atoms with van der Waals surface area (Å²) in [5.74, 6) is 1.58. The molecule has 88 valence electrons. The Kier molecular flexibility index (Phi) is 4.45. The normalized spacial score (nSPS) is 25.4. The van der Waals surface area contributed by atoms with Crippen LogP contribution in [0.2, 0.25) is 0 Å². The van der Waals surface area contributed by atoms with Crippen molar-refractivity contribution >= 4 is 0 Å². The molecule has 2 N–H and O–H groups in total. The second-order valence-electron chi connectivity index (χ2n) is 5.40. The highest BCUT2D eigenvalue weighted by atomic mass is 16.3. The van der Waals surface area contributed by atoms with Gasteiger partial charge in [-0.25, -0.2) is 0 Å². The van der Waals surface area contributed by atoms with Crippen molar-refractivity contribution < 1.29 is 5.11 Å². The Balaban J connectivity index is 1.46. The molecular formula is C13H25NO. The van der Waals surface area contributed by atoms with Gasteiger partial charge >= 0.3 is 0 Å². The lowest BCUT2D eigenvalue weighted by atomic mass is 9.87. The molecule has 0 radical (unpaired) electrons. The maximum Gasteiger partial charge on any atom is 0.0692 e. The van der Waals surface area contributed by atoms with Crippen molar-refractivity contribution in [1.82, 2.24) is 5.32 Å². The van der Waals surface area contributed by atoms with Crippen LogP contribution >= 0.6 is 0 Å². The molecule has 0 bridgehead atoms. The number of hydrogen-bond acceptors (Lipinski definition) is 2. The third-order valence-corrected chi connectivity index (χ3v) is 3.97. The molecule has 2 nitrogen and oxygen atoms in total. The van der Waals surface area contributed by atoms with E-state index in [1.54, 1.807) is 0 Å². The van der Waals surface area contributed by atoms with E-state index in [1.165, 1.54) is 51.4 Å². The Morgan fingerprint density at radius 1 is 1.07 bits per heavy atom.